The molecule has 0 aliphatic heterocycles. The molecule has 0 aliphatic carbocycles. The number of hydrogen-bond acceptors (Lipinski definition) is 1. The van der Waals surface area contributed by atoms with E-state index in [1.807, 2.05) is 13.0 Å². The summed E-state index contributed by atoms with van der Waals surface area (Å²) in [5.74, 6) is 0.0306. The average molecular weight is 303 g/mol. The summed E-state index contributed by atoms with van der Waals surface area (Å²) in [7, 11) is 0. The van der Waals surface area contributed by atoms with Crippen LogP contribution in [0.15, 0.2) is 53.5 Å². The molecule has 0 saturated carbocycles. The zero-order valence-corrected chi connectivity index (χ0v) is 12.4. The van der Waals surface area contributed by atoms with Crippen LogP contribution in [0, 0.1) is 11.6 Å². The number of halogens is 2. The van der Waals surface area contributed by atoms with Crippen LogP contribution in [0.1, 0.15) is 18.1 Å². The van der Waals surface area contributed by atoms with Gasteiger partial charge in [0, 0.05) is 18.7 Å². The van der Waals surface area contributed by atoms with Crippen molar-refractivity contribution in [3.8, 4) is 0 Å². The quantitative estimate of drug-likeness (QED) is 0.657. The first kappa shape index (κ1) is 15.9. The second-order valence-corrected chi connectivity index (χ2v) is 4.77. The summed E-state index contributed by atoms with van der Waals surface area (Å²) in [6.07, 6.45) is 0. The lowest BCUT2D eigenvalue weighted by Crippen LogP contribution is -2.37. The van der Waals surface area contributed by atoms with E-state index in [1.54, 1.807) is 24.3 Å². The van der Waals surface area contributed by atoms with Crippen molar-refractivity contribution in [1.29, 1.82) is 0 Å². The van der Waals surface area contributed by atoms with E-state index in [0.717, 1.165) is 5.56 Å². The summed E-state index contributed by atoms with van der Waals surface area (Å²) >= 11 is 0. The Kier molecular flexibility index (Phi) is 5.89. The van der Waals surface area contributed by atoms with Gasteiger partial charge in [-0.3, -0.25) is 0 Å². The van der Waals surface area contributed by atoms with Crippen molar-refractivity contribution in [3.63, 3.8) is 0 Å². The van der Waals surface area contributed by atoms with Crippen LogP contribution in [-0.2, 0) is 13.1 Å². The van der Waals surface area contributed by atoms with Gasteiger partial charge in [-0.15, -0.1) is 0 Å². The van der Waals surface area contributed by atoms with Crippen LogP contribution >= 0.6 is 0 Å². The molecule has 0 radical (unpaired) electrons. The fourth-order valence-electron chi connectivity index (χ4n) is 1.97. The molecule has 2 rings (SSSR count). The number of hydrogen-bond donors (Lipinski definition) is 2. The minimum absolute atomic E-state index is 0.254. The molecule has 2 N–H and O–H groups in total. The number of benzene rings is 2. The third-order valence-corrected chi connectivity index (χ3v) is 3.06. The van der Waals surface area contributed by atoms with Crippen molar-refractivity contribution < 1.29 is 8.78 Å². The van der Waals surface area contributed by atoms with Crippen LogP contribution in [0.25, 0.3) is 0 Å². The minimum atomic E-state index is -0.281. The monoisotopic (exact) mass is 303 g/mol. The average Bonchev–Trinajstić information content (AvgIpc) is 2.51. The Morgan fingerprint density at radius 3 is 2.59 bits per heavy atom. The standard InChI is InChI=1S/C17H19F2N3/c1-2-20-17(21-11-13-6-5-8-15(18)10-13)22-12-14-7-3-4-9-16(14)19/h3-10H,2,11-12H2,1H3,(H2,20,21,22). The molecule has 0 saturated heterocycles. The Bertz CT molecular complexity index is 641. The highest BCUT2D eigenvalue weighted by atomic mass is 19.1. The van der Waals surface area contributed by atoms with Crippen molar-refractivity contribution in [2.24, 2.45) is 4.99 Å². The molecule has 0 bridgehead atoms. The fraction of sp³-hybridized carbons (Fsp3) is 0.235. The fourth-order valence-corrected chi connectivity index (χ4v) is 1.97. The smallest absolute Gasteiger partial charge is 0.191 e. The molecule has 0 aromatic heterocycles. The Hall–Kier alpha value is -2.43. The van der Waals surface area contributed by atoms with Crippen molar-refractivity contribution in [2.75, 3.05) is 6.54 Å². The van der Waals surface area contributed by atoms with Gasteiger partial charge in [0.25, 0.3) is 0 Å². The summed E-state index contributed by atoms with van der Waals surface area (Å²) in [6.45, 7) is 3.32. The molecule has 2 aromatic carbocycles. The van der Waals surface area contributed by atoms with E-state index in [9.17, 15) is 8.78 Å². The molecule has 22 heavy (non-hydrogen) atoms. The largest absolute Gasteiger partial charge is 0.357 e. The lowest BCUT2D eigenvalue weighted by atomic mass is 10.2. The zero-order valence-electron chi connectivity index (χ0n) is 12.4. The number of nitrogens with one attached hydrogen (secondary N) is 2. The molecular formula is C17H19F2N3. The first-order chi connectivity index (χ1) is 10.7. The van der Waals surface area contributed by atoms with E-state index < -0.39 is 0 Å². The summed E-state index contributed by atoms with van der Waals surface area (Å²) in [4.78, 5) is 4.37. The molecular weight excluding hydrogens is 284 g/mol. The second kappa shape index (κ2) is 8.12. The first-order valence-electron chi connectivity index (χ1n) is 7.19. The van der Waals surface area contributed by atoms with Crippen molar-refractivity contribution in [3.05, 3.63) is 71.3 Å². The highest BCUT2D eigenvalue weighted by molar-refractivity contribution is 5.79. The summed E-state index contributed by atoms with van der Waals surface area (Å²) in [6, 6.07) is 12.9. The first-order valence-corrected chi connectivity index (χ1v) is 7.19. The van der Waals surface area contributed by atoms with E-state index in [-0.39, 0.29) is 11.6 Å². The molecule has 0 aliphatic rings. The molecule has 0 spiro atoms. The minimum Gasteiger partial charge on any atom is -0.357 e. The van der Waals surface area contributed by atoms with E-state index in [4.69, 9.17) is 0 Å². The molecule has 0 fully saturated rings. The molecule has 5 heteroatoms. The highest BCUT2D eigenvalue weighted by Crippen LogP contribution is 2.06. The predicted molar refractivity (Wildman–Crippen MR) is 84.5 cm³/mol. The maximum atomic E-state index is 13.6. The SMILES string of the molecule is CCNC(=NCc1cccc(F)c1)NCc1ccccc1F. The van der Waals surface area contributed by atoms with Crippen molar-refractivity contribution in [1.82, 2.24) is 10.6 Å². The van der Waals surface area contributed by atoms with Gasteiger partial charge in [0.2, 0.25) is 0 Å². The van der Waals surface area contributed by atoms with Crippen LogP contribution in [0.2, 0.25) is 0 Å². The van der Waals surface area contributed by atoms with Gasteiger partial charge >= 0.3 is 0 Å². The zero-order chi connectivity index (χ0) is 15.8. The Labute approximate surface area is 129 Å². The van der Waals surface area contributed by atoms with E-state index in [2.05, 4.69) is 15.6 Å². The highest BCUT2D eigenvalue weighted by Gasteiger charge is 2.02. The van der Waals surface area contributed by atoms with Gasteiger partial charge in [0.05, 0.1) is 6.54 Å². The molecule has 3 nitrogen and oxygen atoms in total. The number of aliphatic imine (C=N–C) groups is 1. The third-order valence-electron chi connectivity index (χ3n) is 3.06. The van der Waals surface area contributed by atoms with Crippen LogP contribution < -0.4 is 10.6 Å². The van der Waals surface area contributed by atoms with E-state index in [0.29, 0.717) is 31.2 Å². The van der Waals surface area contributed by atoms with Gasteiger partial charge in [-0.25, -0.2) is 13.8 Å². The lowest BCUT2D eigenvalue weighted by molar-refractivity contribution is 0.604. The maximum Gasteiger partial charge on any atom is 0.191 e. The van der Waals surface area contributed by atoms with Crippen LogP contribution in [-0.4, -0.2) is 12.5 Å². The predicted octanol–water partition coefficient (Wildman–Crippen LogP) is 3.22. The summed E-state index contributed by atoms with van der Waals surface area (Å²) in [5, 5.41) is 6.15. The number of rotatable bonds is 5. The third kappa shape index (κ3) is 4.84. The van der Waals surface area contributed by atoms with Gasteiger partial charge in [0.15, 0.2) is 5.96 Å². The molecule has 2 aromatic rings. The number of nitrogens with zero attached hydrogens (tertiary/aromatic N) is 1. The molecule has 116 valence electrons. The normalized spacial score (nSPS) is 11.3. The van der Waals surface area contributed by atoms with E-state index in [1.165, 1.54) is 18.2 Å². The molecule has 0 amide bonds. The maximum absolute atomic E-state index is 13.6. The molecule has 0 heterocycles. The van der Waals surface area contributed by atoms with Gasteiger partial charge in [0.1, 0.15) is 11.6 Å². The van der Waals surface area contributed by atoms with Gasteiger partial charge in [-0.2, -0.15) is 0 Å². The van der Waals surface area contributed by atoms with Crippen LogP contribution in [0.4, 0.5) is 8.78 Å². The lowest BCUT2D eigenvalue weighted by Gasteiger charge is -2.11. The van der Waals surface area contributed by atoms with Crippen molar-refractivity contribution >= 4 is 5.96 Å². The van der Waals surface area contributed by atoms with Crippen LogP contribution in [0.3, 0.4) is 0 Å². The Morgan fingerprint density at radius 2 is 1.86 bits per heavy atom. The second-order valence-electron chi connectivity index (χ2n) is 4.77. The summed E-state index contributed by atoms with van der Waals surface area (Å²) < 4.78 is 26.7. The topological polar surface area (TPSA) is 36.4 Å². The molecule has 0 unspecified atom stereocenters. The van der Waals surface area contributed by atoms with E-state index >= 15 is 0 Å². The number of guanidine groups is 1. The van der Waals surface area contributed by atoms with Crippen LogP contribution in [0.5, 0.6) is 0 Å². The van der Waals surface area contributed by atoms with Gasteiger partial charge < -0.3 is 10.6 Å². The summed E-state index contributed by atoms with van der Waals surface area (Å²) in [5.41, 5.74) is 1.35. The molecule has 0 atom stereocenters. The Balaban J connectivity index is 2.00. The van der Waals surface area contributed by atoms with Gasteiger partial charge in [-0.1, -0.05) is 30.3 Å². The Morgan fingerprint density at radius 1 is 1.05 bits per heavy atom. The van der Waals surface area contributed by atoms with Gasteiger partial charge in [-0.05, 0) is 30.7 Å². The van der Waals surface area contributed by atoms with Crippen molar-refractivity contribution in [2.45, 2.75) is 20.0 Å².